The van der Waals surface area contributed by atoms with Gasteiger partial charge in [0, 0.05) is 10.4 Å². The van der Waals surface area contributed by atoms with Gasteiger partial charge in [0.1, 0.15) is 29.7 Å². The van der Waals surface area contributed by atoms with E-state index in [1.807, 2.05) is 36.6 Å². The van der Waals surface area contributed by atoms with E-state index in [0.29, 0.717) is 24.8 Å². The number of hydrogen-bond donors (Lipinski definition) is 1. The molecule has 0 aliphatic rings. The lowest BCUT2D eigenvalue weighted by atomic mass is 10.2. The molecule has 1 amide bonds. The molecular formula is C21H21ClN2O3S. The summed E-state index contributed by atoms with van der Waals surface area (Å²) in [5, 5.41) is 6.22. The molecule has 5 nitrogen and oxygen atoms in total. The highest BCUT2D eigenvalue weighted by molar-refractivity contribution is 7.09. The number of hydrogen-bond acceptors (Lipinski definition) is 5. The van der Waals surface area contributed by atoms with Gasteiger partial charge in [-0.3, -0.25) is 4.79 Å². The van der Waals surface area contributed by atoms with E-state index >= 15 is 0 Å². The van der Waals surface area contributed by atoms with Gasteiger partial charge in [-0.2, -0.15) is 0 Å². The zero-order valence-electron chi connectivity index (χ0n) is 15.5. The fourth-order valence-electron chi connectivity index (χ4n) is 2.39. The Kier molecular flexibility index (Phi) is 7.28. The van der Waals surface area contributed by atoms with Gasteiger partial charge in [0.2, 0.25) is 5.91 Å². The van der Waals surface area contributed by atoms with Gasteiger partial charge in [-0.15, -0.1) is 11.3 Å². The van der Waals surface area contributed by atoms with Crippen LogP contribution in [0, 0.1) is 6.92 Å². The Balaban J connectivity index is 1.36. The Hall–Kier alpha value is -2.57. The normalized spacial score (nSPS) is 10.5. The number of thiazole rings is 1. The first-order valence-corrected chi connectivity index (χ1v) is 10.1. The lowest BCUT2D eigenvalue weighted by Gasteiger charge is -2.07. The summed E-state index contributed by atoms with van der Waals surface area (Å²) in [5.41, 5.74) is 1.93. The number of ether oxygens (including phenoxy) is 2. The van der Waals surface area contributed by atoms with E-state index in [2.05, 4.69) is 10.3 Å². The van der Waals surface area contributed by atoms with Crippen molar-refractivity contribution in [1.82, 2.24) is 10.3 Å². The van der Waals surface area contributed by atoms with Crippen LogP contribution in [0.5, 0.6) is 11.5 Å². The average Bonchev–Trinajstić information content (AvgIpc) is 3.13. The van der Waals surface area contributed by atoms with Crippen molar-refractivity contribution >= 4 is 28.8 Å². The molecule has 0 unspecified atom stereocenters. The lowest BCUT2D eigenvalue weighted by molar-refractivity contribution is -0.120. The molecule has 0 radical (unpaired) electrons. The highest BCUT2D eigenvalue weighted by Crippen LogP contribution is 2.17. The number of amides is 1. The smallest absolute Gasteiger partial charge is 0.226 e. The average molecular weight is 417 g/mol. The van der Waals surface area contributed by atoms with Crippen molar-refractivity contribution in [3.8, 4) is 11.5 Å². The number of aromatic nitrogens is 1. The summed E-state index contributed by atoms with van der Waals surface area (Å²) in [6, 6.07) is 15.0. The number of carbonyl (C=O) groups excluding carboxylic acids is 1. The summed E-state index contributed by atoms with van der Waals surface area (Å²) in [4.78, 5) is 16.5. The summed E-state index contributed by atoms with van der Waals surface area (Å²) in [7, 11) is 0. The fourth-order valence-corrected chi connectivity index (χ4v) is 3.22. The number of nitrogens with zero attached hydrogens (tertiary/aromatic N) is 1. The van der Waals surface area contributed by atoms with E-state index in [1.54, 1.807) is 24.3 Å². The quantitative estimate of drug-likeness (QED) is 0.524. The van der Waals surface area contributed by atoms with Crippen molar-refractivity contribution in [3.05, 3.63) is 75.2 Å². The first kappa shape index (κ1) is 20.2. The van der Waals surface area contributed by atoms with Gasteiger partial charge in [-0.1, -0.05) is 29.3 Å². The maximum Gasteiger partial charge on any atom is 0.226 e. The number of nitrogens with one attached hydrogen (secondary N) is 1. The predicted molar refractivity (Wildman–Crippen MR) is 111 cm³/mol. The second-order valence-electron chi connectivity index (χ2n) is 6.16. The third-order valence-electron chi connectivity index (χ3n) is 3.83. The first-order chi connectivity index (χ1) is 13.6. The maximum atomic E-state index is 12.0. The van der Waals surface area contributed by atoms with Gasteiger partial charge in [0.05, 0.1) is 18.7 Å². The Labute approximate surface area is 173 Å². The Morgan fingerprint density at radius 1 is 1.07 bits per heavy atom. The summed E-state index contributed by atoms with van der Waals surface area (Å²) in [6.07, 6.45) is 0.238. The first-order valence-electron chi connectivity index (χ1n) is 8.86. The fraction of sp³-hybridized carbons (Fsp3) is 0.238. The highest BCUT2D eigenvalue weighted by Gasteiger charge is 2.08. The minimum Gasteiger partial charge on any atom is -0.492 e. The van der Waals surface area contributed by atoms with Crippen LogP contribution in [0.1, 0.15) is 16.3 Å². The molecule has 1 aromatic heterocycles. The van der Waals surface area contributed by atoms with E-state index < -0.39 is 0 Å². The molecule has 0 atom stereocenters. The molecular weight excluding hydrogens is 396 g/mol. The standard InChI is InChI=1S/C21H21ClN2O3S/c1-15-2-6-19(7-3-15)27-13-21-24-17(14-28-21)12-20(25)23-10-11-26-18-8-4-16(22)5-9-18/h2-9,14H,10-13H2,1H3,(H,23,25). The van der Waals surface area contributed by atoms with Crippen LogP contribution in [0.2, 0.25) is 5.02 Å². The van der Waals surface area contributed by atoms with Gasteiger partial charge in [0.15, 0.2) is 0 Å². The van der Waals surface area contributed by atoms with E-state index in [4.69, 9.17) is 21.1 Å². The second-order valence-corrected chi connectivity index (χ2v) is 7.54. The van der Waals surface area contributed by atoms with Crippen LogP contribution < -0.4 is 14.8 Å². The van der Waals surface area contributed by atoms with Crippen molar-refractivity contribution < 1.29 is 14.3 Å². The van der Waals surface area contributed by atoms with Crippen LogP contribution in [-0.2, 0) is 17.8 Å². The van der Waals surface area contributed by atoms with Gasteiger partial charge in [-0.25, -0.2) is 4.98 Å². The van der Waals surface area contributed by atoms with Gasteiger partial charge < -0.3 is 14.8 Å². The van der Waals surface area contributed by atoms with E-state index in [1.165, 1.54) is 16.9 Å². The van der Waals surface area contributed by atoms with Crippen LogP contribution in [0.4, 0.5) is 0 Å². The van der Waals surface area contributed by atoms with Crippen LogP contribution in [0.25, 0.3) is 0 Å². The van der Waals surface area contributed by atoms with E-state index in [9.17, 15) is 4.79 Å². The number of aryl methyl sites for hydroxylation is 1. The van der Waals surface area contributed by atoms with Crippen molar-refractivity contribution in [3.63, 3.8) is 0 Å². The molecule has 2 aromatic carbocycles. The van der Waals surface area contributed by atoms with E-state index in [-0.39, 0.29) is 12.3 Å². The zero-order chi connectivity index (χ0) is 19.8. The largest absolute Gasteiger partial charge is 0.492 e. The molecule has 7 heteroatoms. The number of benzene rings is 2. The Morgan fingerprint density at radius 3 is 2.50 bits per heavy atom. The molecule has 0 saturated carbocycles. The van der Waals surface area contributed by atoms with E-state index in [0.717, 1.165) is 22.2 Å². The summed E-state index contributed by atoms with van der Waals surface area (Å²) in [5.74, 6) is 1.44. The molecule has 28 heavy (non-hydrogen) atoms. The van der Waals surface area contributed by atoms with Gasteiger partial charge in [0.25, 0.3) is 0 Å². The Bertz CT molecular complexity index is 895. The minimum atomic E-state index is -0.0870. The molecule has 3 aromatic rings. The predicted octanol–water partition coefficient (Wildman–Crippen LogP) is 4.42. The van der Waals surface area contributed by atoms with Crippen molar-refractivity contribution in [1.29, 1.82) is 0 Å². The molecule has 0 aliphatic heterocycles. The number of halogens is 1. The molecule has 3 rings (SSSR count). The molecule has 0 saturated heterocycles. The van der Waals surface area contributed by atoms with Crippen LogP contribution in [0.3, 0.4) is 0 Å². The third kappa shape index (κ3) is 6.55. The molecule has 0 fully saturated rings. The lowest BCUT2D eigenvalue weighted by Crippen LogP contribution is -2.29. The minimum absolute atomic E-state index is 0.0870. The molecule has 1 heterocycles. The van der Waals surface area contributed by atoms with Crippen LogP contribution >= 0.6 is 22.9 Å². The SMILES string of the molecule is Cc1ccc(OCc2nc(CC(=O)NCCOc3ccc(Cl)cc3)cs2)cc1. The zero-order valence-corrected chi connectivity index (χ0v) is 17.1. The third-order valence-corrected chi connectivity index (χ3v) is 4.95. The summed E-state index contributed by atoms with van der Waals surface area (Å²) < 4.78 is 11.3. The van der Waals surface area contributed by atoms with Crippen LogP contribution in [-0.4, -0.2) is 24.0 Å². The van der Waals surface area contributed by atoms with Crippen molar-refractivity contribution in [2.75, 3.05) is 13.2 Å². The highest BCUT2D eigenvalue weighted by atomic mass is 35.5. The second kappa shape index (κ2) is 10.1. The monoisotopic (exact) mass is 416 g/mol. The Morgan fingerprint density at radius 2 is 1.75 bits per heavy atom. The van der Waals surface area contributed by atoms with Gasteiger partial charge >= 0.3 is 0 Å². The molecule has 0 bridgehead atoms. The van der Waals surface area contributed by atoms with Crippen molar-refractivity contribution in [2.24, 2.45) is 0 Å². The number of carbonyl (C=O) groups is 1. The van der Waals surface area contributed by atoms with Gasteiger partial charge in [-0.05, 0) is 43.3 Å². The van der Waals surface area contributed by atoms with Crippen LogP contribution in [0.15, 0.2) is 53.9 Å². The molecule has 0 aliphatic carbocycles. The summed E-state index contributed by atoms with van der Waals surface area (Å²) >= 11 is 7.31. The molecule has 1 N–H and O–H groups in total. The van der Waals surface area contributed by atoms with Crippen molar-refractivity contribution in [2.45, 2.75) is 20.0 Å². The topological polar surface area (TPSA) is 60.5 Å². The molecule has 0 spiro atoms. The summed E-state index contributed by atoms with van der Waals surface area (Å²) in [6.45, 7) is 3.24. The maximum absolute atomic E-state index is 12.0. The molecule has 146 valence electrons. The number of rotatable bonds is 9.